The largest absolute Gasteiger partial charge is 0.370 e. The maximum Gasteiger partial charge on any atom is 0.270 e. The van der Waals surface area contributed by atoms with Crippen LogP contribution in [-0.4, -0.2) is 114 Å². The number of alkyl halides is 2. The van der Waals surface area contributed by atoms with Crippen molar-refractivity contribution in [3.63, 3.8) is 0 Å². The van der Waals surface area contributed by atoms with Crippen molar-refractivity contribution in [2.24, 2.45) is 5.73 Å². The van der Waals surface area contributed by atoms with E-state index in [2.05, 4.69) is 43.2 Å². The summed E-state index contributed by atoms with van der Waals surface area (Å²) in [5.41, 5.74) is 9.65. The van der Waals surface area contributed by atoms with Gasteiger partial charge in [0.05, 0.1) is 17.8 Å². The minimum atomic E-state index is -3.14. The monoisotopic (exact) mass is 1140 g/mol. The Bertz CT molecular complexity index is 3570. The van der Waals surface area contributed by atoms with Gasteiger partial charge in [-0.3, -0.25) is 53.1 Å². The first-order valence-electron chi connectivity index (χ1n) is 28.3. The average molecular weight is 1140 g/mol. The summed E-state index contributed by atoms with van der Waals surface area (Å²) in [6, 6.07) is 24.2. The number of ketones is 1. The Morgan fingerprint density at radius 1 is 0.857 bits per heavy atom. The normalized spacial score (nSPS) is 20.0. The van der Waals surface area contributed by atoms with Crippen LogP contribution in [0.2, 0.25) is 0 Å². The number of amides is 8. The number of piperidine rings is 1. The predicted molar refractivity (Wildman–Crippen MR) is 303 cm³/mol. The molecule has 84 heavy (non-hydrogen) atoms. The molecule has 0 radical (unpaired) electrons. The van der Waals surface area contributed by atoms with E-state index >= 15 is 0 Å². The lowest BCUT2D eigenvalue weighted by atomic mass is 9.85. The molecule has 4 aliphatic rings. The van der Waals surface area contributed by atoms with E-state index in [4.69, 9.17) is 5.73 Å². The molecule has 3 saturated heterocycles. The minimum absolute atomic E-state index is 0.00913. The summed E-state index contributed by atoms with van der Waals surface area (Å²) in [7, 11) is 0. The zero-order valence-corrected chi connectivity index (χ0v) is 46.2. The Morgan fingerprint density at radius 3 is 2.32 bits per heavy atom. The molecule has 7 N–H and O–H groups in total. The standard InChI is InChI=1S/C63H64F2N10O9/c1-63(64,65)42-19-22-48-40(30-42)31-51(69-48)58(80)71-50-23-20-43(68-57(79)41-34-67-73(35-41)29-10-4-9-16-39-17-11-18-45-47(39)36-74(61(45)83)52-26-28-56(78)72-59(52)81)32-44-21-25-53(75(44)62(50)84)60(82)70-49(24-27-55(66)77)54(76)33-46(37-12-5-2-6-13-37)38-14-7-3-8-15-38/h2-3,5-8,11-15,17-19,22,30-31,34-35,43-44,46,49-50,52-53,69H,4,10,20-21,23-29,32-33,36H2,1H3,(H2,66,77)(H,68,79)(H,70,82)(H,71,80)(H,72,78,81)/t43-,44-,49+,50+,52?,53+/m1/s1. The molecule has 6 aromatic rings. The van der Waals surface area contributed by atoms with Crippen LogP contribution in [-0.2, 0) is 47.8 Å². The zero-order valence-electron chi connectivity index (χ0n) is 46.2. The van der Waals surface area contributed by atoms with Crippen molar-refractivity contribution in [2.75, 3.05) is 0 Å². The summed E-state index contributed by atoms with van der Waals surface area (Å²) in [4.78, 5) is 128. The first-order chi connectivity index (χ1) is 40.4. The van der Waals surface area contributed by atoms with Gasteiger partial charge in [0, 0.05) is 97.5 Å². The number of benzene rings is 4. The van der Waals surface area contributed by atoms with Crippen molar-refractivity contribution < 1.29 is 51.9 Å². The number of imide groups is 1. The van der Waals surface area contributed by atoms with Gasteiger partial charge in [0.15, 0.2) is 5.78 Å². The molecule has 6 atom stereocenters. The Hall–Kier alpha value is -9.32. The number of carbonyl (C=O) groups excluding carboxylic acids is 9. The molecular weight excluding hydrogens is 1080 g/mol. The first-order valence-corrected chi connectivity index (χ1v) is 28.3. The number of nitrogens with two attached hydrogens (primary N) is 1. The van der Waals surface area contributed by atoms with Crippen LogP contribution in [0.4, 0.5) is 8.78 Å². The molecule has 0 spiro atoms. The van der Waals surface area contributed by atoms with Crippen LogP contribution in [0.5, 0.6) is 0 Å². The van der Waals surface area contributed by atoms with E-state index in [0.29, 0.717) is 47.8 Å². The van der Waals surface area contributed by atoms with Gasteiger partial charge in [-0.25, -0.2) is 8.78 Å². The Morgan fingerprint density at radius 2 is 1.61 bits per heavy atom. The number of carbonyl (C=O) groups is 9. The molecule has 19 nitrogen and oxygen atoms in total. The molecule has 2 aromatic heterocycles. The summed E-state index contributed by atoms with van der Waals surface area (Å²) in [6.45, 7) is 1.40. The number of nitrogens with zero attached hydrogens (tertiary/aromatic N) is 4. The average Bonchev–Trinajstić information content (AvgIpc) is 3.56. The van der Waals surface area contributed by atoms with Gasteiger partial charge in [-0.1, -0.05) is 84.6 Å². The zero-order chi connectivity index (χ0) is 59.2. The number of halogens is 2. The predicted octanol–water partition coefficient (Wildman–Crippen LogP) is 6.05. The third-order valence-corrected chi connectivity index (χ3v) is 16.3. The SMILES string of the molecule is CC(F)(F)c1ccc2[nH]c(C(=O)N[C@H]3CC[C@@H](NC(=O)c4cnn(CCCC#Cc5cccc6c5CN(C5CCC(=O)NC5=O)C6=O)c4)C[C@H]4CC[C@@H](C(=O)N[C@@H](CCC(N)=O)C(=O)CC(c5ccccc5)c5ccccc5)N4C3=O)cc2c1. The van der Waals surface area contributed by atoms with Gasteiger partial charge in [-0.2, -0.15) is 5.10 Å². The number of H-pyrrole nitrogens is 1. The molecule has 4 aliphatic heterocycles. The van der Waals surface area contributed by atoms with Gasteiger partial charge in [0.25, 0.3) is 23.6 Å². The quantitative estimate of drug-likeness (QED) is 0.0311. The number of aromatic amines is 1. The van der Waals surface area contributed by atoms with E-state index in [1.54, 1.807) is 23.0 Å². The van der Waals surface area contributed by atoms with Crippen LogP contribution in [0, 0.1) is 11.8 Å². The molecule has 8 amide bonds. The summed E-state index contributed by atoms with van der Waals surface area (Å²) in [5.74, 6) is -1.66. The van der Waals surface area contributed by atoms with Crippen molar-refractivity contribution in [1.82, 2.24) is 45.8 Å². The van der Waals surface area contributed by atoms with Gasteiger partial charge < -0.3 is 36.5 Å². The van der Waals surface area contributed by atoms with Gasteiger partial charge in [-0.15, -0.1) is 0 Å². The lowest BCUT2D eigenvalue weighted by Crippen LogP contribution is -2.59. The van der Waals surface area contributed by atoms with Gasteiger partial charge >= 0.3 is 0 Å². The maximum atomic E-state index is 14.9. The van der Waals surface area contributed by atoms with Gasteiger partial charge in [0.1, 0.15) is 23.8 Å². The van der Waals surface area contributed by atoms with E-state index in [9.17, 15) is 51.9 Å². The maximum absolute atomic E-state index is 14.9. The van der Waals surface area contributed by atoms with Crippen LogP contribution in [0.15, 0.2) is 116 Å². The van der Waals surface area contributed by atoms with E-state index in [1.165, 1.54) is 40.3 Å². The highest BCUT2D eigenvalue weighted by Crippen LogP contribution is 2.35. The lowest BCUT2D eigenvalue weighted by Gasteiger charge is -2.38. The summed E-state index contributed by atoms with van der Waals surface area (Å²) >= 11 is 0. The Kier molecular flexibility index (Phi) is 17.3. The highest BCUT2D eigenvalue weighted by atomic mass is 19.3. The fourth-order valence-electron chi connectivity index (χ4n) is 11.9. The summed E-state index contributed by atoms with van der Waals surface area (Å²) in [5, 5.41) is 15.9. The first kappa shape index (κ1) is 57.9. The van der Waals surface area contributed by atoms with E-state index < -0.39 is 77.6 Å². The molecule has 434 valence electrons. The van der Waals surface area contributed by atoms with Crippen molar-refractivity contribution in [3.05, 3.63) is 160 Å². The molecule has 6 heterocycles. The highest BCUT2D eigenvalue weighted by molar-refractivity contribution is 6.06. The fraction of sp³-hybridized carbons (Fsp3) is 0.365. The van der Waals surface area contributed by atoms with E-state index in [-0.39, 0.29) is 105 Å². The van der Waals surface area contributed by atoms with E-state index in [0.717, 1.165) is 23.6 Å². The fourth-order valence-corrected chi connectivity index (χ4v) is 11.9. The van der Waals surface area contributed by atoms with Crippen LogP contribution < -0.4 is 27.0 Å². The van der Waals surface area contributed by atoms with Crippen LogP contribution in [0.1, 0.15) is 149 Å². The van der Waals surface area contributed by atoms with Crippen molar-refractivity contribution in [1.29, 1.82) is 0 Å². The second kappa shape index (κ2) is 25.0. The van der Waals surface area contributed by atoms with Crippen molar-refractivity contribution in [3.8, 4) is 11.8 Å². The molecule has 0 saturated carbocycles. The number of Topliss-reactive ketones (excluding diaryl/α,β-unsaturated/α-hetero) is 1. The number of primary amides is 1. The van der Waals surface area contributed by atoms with Crippen LogP contribution in [0.3, 0.4) is 0 Å². The number of rotatable bonds is 19. The number of hydrogen-bond donors (Lipinski definition) is 6. The number of aromatic nitrogens is 3. The lowest BCUT2D eigenvalue weighted by molar-refractivity contribution is -0.143. The van der Waals surface area contributed by atoms with Gasteiger partial charge in [0.2, 0.25) is 29.5 Å². The topological polar surface area (TPSA) is 268 Å². The molecular formula is C63H64F2N10O9. The van der Waals surface area contributed by atoms with E-state index in [1.807, 2.05) is 66.7 Å². The van der Waals surface area contributed by atoms with Crippen LogP contribution in [0.25, 0.3) is 10.9 Å². The number of aryl methyl sites for hydroxylation is 1. The molecule has 10 rings (SSSR count). The molecule has 0 aliphatic carbocycles. The smallest absolute Gasteiger partial charge is 0.270 e. The molecule has 0 bridgehead atoms. The van der Waals surface area contributed by atoms with Gasteiger partial charge in [-0.05, 0) is 98.4 Å². The Balaban J connectivity index is 0.827. The Labute approximate surface area is 482 Å². The number of nitrogens with one attached hydrogen (secondary N) is 5. The second-order valence-corrected chi connectivity index (χ2v) is 22.1. The summed E-state index contributed by atoms with van der Waals surface area (Å²) in [6.07, 6.45) is 5.19. The minimum Gasteiger partial charge on any atom is -0.370 e. The number of fused-ring (bicyclic) bond motifs is 3. The second-order valence-electron chi connectivity index (χ2n) is 22.1. The van der Waals surface area contributed by atoms with Crippen LogP contribution >= 0.6 is 0 Å². The number of unbranched alkanes of at least 4 members (excludes halogenated alkanes) is 1. The van der Waals surface area contributed by atoms with Crippen molar-refractivity contribution in [2.45, 2.75) is 145 Å². The molecule has 1 unspecified atom stereocenters. The highest BCUT2D eigenvalue weighted by Gasteiger charge is 2.47. The third kappa shape index (κ3) is 13.1. The molecule has 3 fully saturated rings. The molecule has 4 aromatic carbocycles. The molecule has 21 heteroatoms. The third-order valence-electron chi connectivity index (χ3n) is 16.3. The van der Waals surface area contributed by atoms with Crippen molar-refractivity contribution >= 4 is 63.9 Å². The summed E-state index contributed by atoms with van der Waals surface area (Å²) < 4.78 is 30.2. The number of hydrogen-bond acceptors (Lipinski definition) is 10.